The first-order valence-electron chi connectivity index (χ1n) is 6.00. The van der Waals surface area contributed by atoms with Crippen molar-refractivity contribution < 1.29 is 14.2 Å². The van der Waals surface area contributed by atoms with Gasteiger partial charge in [-0.15, -0.1) is 0 Å². The van der Waals surface area contributed by atoms with E-state index < -0.39 is 24.5 Å². The Hall–Kier alpha value is -2.00. The molecular formula is C10H9ClFN7O2. The Morgan fingerprint density at radius 1 is 1.62 bits per heavy atom. The molecule has 0 saturated carbocycles. The van der Waals surface area contributed by atoms with Crippen molar-refractivity contribution in [3.8, 4) is 0 Å². The summed E-state index contributed by atoms with van der Waals surface area (Å²) < 4.78 is 20.4. The van der Waals surface area contributed by atoms with Crippen molar-refractivity contribution >= 4 is 22.8 Å². The van der Waals surface area contributed by atoms with Crippen LogP contribution in [0.4, 0.5) is 4.39 Å². The highest BCUT2D eigenvalue weighted by Gasteiger charge is 2.36. The molecule has 1 unspecified atom stereocenters. The molecule has 1 fully saturated rings. The maximum Gasteiger partial charge on any atom is 0.312 e. The summed E-state index contributed by atoms with van der Waals surface area (Å²) in [5.41, 5.74) is 8.94. The van der Waals surface area contributed by atoms with Crippen LogP contribution in [0.5, 0.6) is 0 Å². The van der Waals surface area contributed by atoms with Gasteiger partial charge in [-0.3, -0.25) is 4.57 Å². The number of ether oxygens (including phenoxy) is 1. The van der Waals surface area contributed by atoms with Gasteiger partial charge in [-0.2, -0.15) is 14.4 Å². The molecule has 2 aromatic rings. The van der Waals surface area contributed by atoms with Crippen LogP contribution in [0.15, 0.2) is 11.4 Å². The van der Waals surface area contributed by atoms with Gasteiger partial charge in [-0.05, 0) is 5.53 Å². The summed E-state index contributed by atoms with van der Waals surface area (Å²) in [6, 6.07) is -0.524. The topological polar surface area (TPSA) is 122 Å². The van der Waals surface area contributed by atoms with Crippen molar-refractivity contribution in [1.29, 1.82) is 0 Å². The van der Waals surface area contributed by atoms with Gasteiger partial charge in [0.25, 0.3) is 0 Å². The lowest BCUT2D eigenvalue weighted by atomic mass is 10.1. The smallest absolute Gasteiger partial charge is 0.312 e. The van der Waals surface area contributed by atoms with Gasteiger partial charge < -0.3 is 9.84 Å². The number of imidazole rings is 1. The van der Waals surface area contributed by atoms with Gasteiger partial charge in [-0.1, -0.05) is 16.7 Å². The molecular weight excluding hydrogens is 305 g/mol. The number of azide groups is 1. The summed E-state index contributed by atoms with van der Waals surface area (Å²) in [7, 11) is 0. The predicted molar refractivity (Wildman–Crippen MR) is 68.8 cm³/mol. The molecule has 0 aromatic carbocycles. The Balaban J connectivity index is 2.00. The zero-order valence-electron chi connectivity index (χ0n) is 10.5. The predicted octanol–water partition coefficient (Wildman–Crippen LogP) is 1.58. The lowest BCUT2D eigenvalue weighted by molar-refractivity contribution is -0.0233. The molecule has 1 N–H and O–H groups in total. The Kier molecular flexibility index (Phi) is 3.60. The number of aliphatic hydroxyl groups is 1. The lowest BCUT2D eigenvalue weighted by Crippen LogP contribution is -2.22. The van der Waals surface area contributed by atoms with Gasteiger partial charge in [-0.25, -0.2) is 4.98 Å². The highest BCUT2D eigenvalue weighted by molar-refractivity contribution is 6.33. The van der Waals surface area contributed by atoms with Crippen LogP contribution in [0.1, 0.15) is 12.6 Å². The zero-order valence-corrected chi connectivity index (χ0v) is 11.2. The summed E-state index contributed by atoms with van der Waals surface area (Å²) in [4.78, 5) is 13.8. The van der Waals surface area contributed by atoms with Crippen LogP contribution < -0.4 is 0 Å². The second kappa shape index (κ2) is 5.41. The fraction of sp³-hybridized carbons (Fsp3) is 0.500. The minimum atomic E-state index is -0.974. The van der Waals surface area contributed by atoms with Crippen molar-refractivity contribution in [2.45, 2.75) is 24.8 Å². The van der Waals surface area contributed by atoms with E-state index in [2.05, 4.69) is 25.0 Å². The molecule has 3 heterocycles. The normalized spacial score (nSPS) is 25.2. The second-order valence-corrected chi connectivity index (χ2v) is 4.79. The standard InChI is InChI=1S/C10H9ClFN7O2/c11-8-7-9(16-10(12)15-8)19(3-14-7)6-1-4(17-18-13)5(2-20)21-6/h3-6,20H,1-2H2/t4?,5-,6-/m1/s1. The first-order valence-corrected chi connectivity index (χ1v) is 6.38. The van der Waals surface area contributed by atoms with Gasteiger partial charge in [0.05, 0.1) is 25.1 Å². The molecule has 110 valence electrons. The number of hydrogen-bond donors (Lipinski definition) is 1. The average Bonchev–Trinajstić information content (AvgIpc) is 3.02. The third-order valence-electron chi connectivity index (χ3n) is 3.25. The maximum absolute atomic E-state index is 13.3. The van der Waals surface area contributed by atoms with Crippen LogP contribution in [0, 0.1) is 6.08 Å². The van der Waals surface area contributed by atoms with Crippen LogP contribution in [-0.2, 0) is 4.74 Å². The highest BCUT2D eigenvalue weighted by Crippen LogP contribution is 2.33. The van der Waals surface area contributed by atoms with E-state index in [1.54, 1.807) is 0 Å². The van der Waals surface area contributed by atoms with Crippen LogP contribution >= 0.6 is 11.6 Å². The van der Waals surface area contributed by atoms with E-state index >= 15 is 0 Å². The van der Waals surface area contributed by atoms with E-state index in [4.69, 9.17) is 21.9 Å². The summed E-state index contributed by atoms with van der Waals surface area (Å²) in [6.45, 7) is -0.295. The minimum Gasteiger partial charge on any atom is -0.394 e. The van der Waals surface area contributed by atoms with E-state index in [1.807, 2.05) is 0 Å². The van der Waals surface area contributed by atoms with Crippen molar-refractivity contribution in [2.24, 2.45) is 5.11 Å². The Labute approximate surface area is 122 Å². The van der Waals surface area contributed by atoms with Crippen molar-refractivity contribution in [3.63, 3.8) is 0 Å². The summed E-state index contributed by atoms with van der Waals surface area (Å²) in [5.74, 6) is 0. The number of hydrogen-bond acceptors (Lipinski definition) is 6. The number of rotatable bonds is 3. The molecule has 0 amide bonds. The quantitative estimate of drug-likeness (QED) is 0.303. The number of aliphatic hydroxyl groups excluding tert-OH is 1. The van der Waals surface area contributed by atoms with Gasteiger partial charge >= 0.3 is 6.08 Å². The molecule has 9 nitrogen and oxygen atoms in total. The fourth-order valence-electron chi connectivity index (χ4n) is 2.31. The molecule has 11 heteroatoms. The largest absolute Gasteiger partial charge is 0.394 e. The lowest BCUT2D eigenvalue weighted by Gasteiger charge is -2.13. The summed E-state index contributed by atoms with van der Waals surface area (Å²) in [5, 5.41) is 12.7. The summed E-state index contributed by atoms with van der Waals surface area (Å²) >= 11 is 5.80. The van der Waals surface area contributed by atoms with Gasteiger partial charge in [0.2, 0.25) is 0 Å². The maximum atomic E-state index is 13.3. The molecule has 0 spiro atoms. The van der Waals surface area contributed by atoms with Crippen LogP contribution in [0.2, 0.25) is 5.15 Å². The fourth-order valence-corrected chi connectivity index (χ4v) is 2.51. The third kappa shape index (κ3) is 2.38. The number of halogens is 2. The molecule has 0 bridgehead atoms. The van der Waals surface area contributed by atoms with E-state index in [1.165, 1.54) is 10.9 Å². The van der Waals surface area contributed by atoms with E-state index in [-0.39, 0.29) is 22.9 Å². The molecule has 1 aliphatic rings. The van der Waals surface area contributed by atoms with E-state index in [0.717, 1.165) is 0 Å². The van der Waals surface area contributed by atoms with Crippen LogP contribution in [-0.4, -0.2) is 43.4 Å². The SMILES string of the molecule is [N-]=[N+]=NC1C[C@H](n2cnc3c(Cl)nc(F)nc32)O[C@@H]1CO. The average molecular weight is 314 g/mol. The third-order valence-corrected chi connectivity index (χ3v) is 3.51. The molecule has 0 aliphatic carbocycles. The molecule has 21 heavy (non-hydrogen) atoms. The van der Waals surface area contributed by atoms with Crippen molar-refractivity contribution in [3.05, 3.63) is 28.0 Å². The number of fused-ring (bicyclic) bond motifs is 1. The van der Waals surface area contributed by atoms with E-state index in [0.29, 0.717) is 6.42 Å². The highest BCUT2D eigenvalue weighted by atomic mass is 35.5. The van der Waals surface area contributed by atoms with Crippen LogP contribution in [0.3, 0.4) is 0 Å². The second-order valence-electron chi connectivity index (χ2n) is 4.43. The molecule has 2 aromatic heterocycles. The first-order chi connectivity index (χ1) is 10.1. The number of nitrogens with zero attached hydrogens (tertiary/aromatic N) is 7. The van der Waals surface area contributed by atoms with Gasteiger partial charge in [0, 0.05) is 11.3 Å². The van der Waals surface area contributed by atoms with Crippen LogP contribution in [0.25, 0.3) is 21.6 Å². The monoisotopic (exact) mass is 313 g/mol. The molecule has 1 aliphatic heterocycles. The summed E-state index contributed by atoms with van der Waals surface area (Å²) in [6.07, 6.45) is -0.497. The molecule has 3 atom stereocenters. The Bertz CT molecular complexity index is 732. The van der Waals surface area contributed by atoms with Crippen molar-refractivity contribution in [2.75, 3.05) is 6.61 Å². The first kappa shape index (κ1) is 14.0. The minimum absolute atomic E-state index is 0.0976. The van der Waals surface area contributed by atoms with Gasteiger partial charge in [0.1, 0.15) is 11.7 Å². The molecule has 0 radical (unpaired) electrons. The zero-order chi connectivity index (χ0) is 15.0. The number of aromatic nitrogens is 4. The molecule has 3 rings (SSSR count). The van der Waals surface area contributed by atoms with E-state index in [9.17, 15) is 9.50 Å². The van der Waals surface area contributed by atoms with Crippen molar-refractivity contribution in [1.82, 2.24) is 19.5 Å². The molecule has 1 saturated heterocycles. The Morgan fingerprint density at radius 2 is 2.43 bits per heavy atom. The Morgan fingerprint density at radius 3 is 3.14 bits per heavy atom. The van der Waals surface area contributed by atoms with Gasteiger partial charge in [0.15, 0.2) is 10.8 Å².